The molecule has 0 aliphatic rings. The number of aryl methyl sites for hydroxylation is 1. The number of imidazole rings is 1. The topological polar surface area (TPSA) is 17.8 Å². The molecular weight excluding hydrogens is 725 g/mol. The molecule has 0 amide bonds. The molecule has 0 aliphatic carbocycles. The maximum absolute atomic E-state index is 4.96. The fraction of sp³-hybridized carbons (Fsp3) is 0.0172. The predicted molar refractivity (Wildman–Crippen MR) is 253 cm³/mol. The van der Waals surface area contributed by atoms with Crippen molar-refractivity contribution in [1.29, 1.82) is 0 Å². The van der Waals surface area contributed by atoms with E-state index in [0.717, 1.165) is 33.7 Å². The molecule has 1 aromatic heterocycles. The summed E-state index contributed by atoms with van der Waals surface area (Å²) in [5.41, 5.74) is 17.7. The summed E-state index contributed by atoms with van der Waals surface area (Å²) in [7, 11) is 0. The molecule has 2 nitrogen and oxygen atoms in total. The molecule has 0 saturated heterocycles. The van der Waals surface area contributed by atoms with Gasteiger partial charge in [-0.2, -0.15) is 0 Å². The monoisotopic (exact) mass is 764 g/mol. The van der Waals surface area contributed by atoms with Crippen molar-refractivity contribution in [2.24, 2.45) is 0 Å². The maximum atomic E-state index is 4.96. The van der Waals surface area contributed by atoms with E-state index < -0.39 is 0 Å². The Kier molecular flexibility index (Phi) is 8.75. The molecule has 60 heavy (non-hydrogen) atoms. The van der Waals surface area contributed by atoms with E-state index in [-0.39, 0.29) is 0 Å². The van der Waals surface area contributed by atoms with Crippen LogP contribution in [0, 0.1) is 6.92 Å². The Morgan fingerprint density at radius 1 is 0.317 bits per heavy atom. The number of rotatable bonds is 7. The number of aromatic nitrogens is 2. The Hall–Kier alpha value is -7.81. The van der Waals surface area contributed by atoms with Gasteiger partial charge in [-0.25, -0.2) is 4.98 Å². The highest BCUT2D eigenvalue weighted by molar-refractivity contribution is 6.24. The van der Waals surface area contributed by atoms with E-state index in [1.807, 2.05) is 6.07 Å². The molecule has 0 atom stereocenters. The lowest BCUT2D eigenvalue weighted by molar-refractivity contribution is 1.00. The lowest BCUT2D eigenvalue weighted by atomic mass is 9.81. The quantitative estimate of drug-likeness (QED) is 0.148. The molecule has 0 fully saturated rings. The van der Waals surface area contributed by atoms with Gasteiger partial charge in [-0.15, -0.1) is 0 Å². The van der Waals surface area contributed by atoms with Crippen LogP contribution < -0.4 is 0 Å². The van der Waals surface area contributed by atoms with Crippen LogP contribution >= 0.6 is 0 Å². The second-order valence-electron chi connectivity index (χ2n) is 15.5. The van der Waals surface area contributed by atoms with Crippen LogP contribution in [-0.4, -0.2) is 9.55 Å². The summed E-state index contributed by atoms with van der Waals surface area (Å²) < 4.78 is 2.23. The minimum atomic E-state index is 0.977. The first-order valence-electron chi connectivity index (χ1n) is 20.6. The third-order valence-corrected chi connectivity index (χ3v) is 12.0. The number of para-hydroxylation sites is 1. The number of hydrogen-bond acceptors (Lipinski definition) is 1. The molecular formula is C58H40N2. The Bertz CT molecular complexity index is 3340. The summed E-state index contributed by atoms with van der Waals surface area (Å²) in [5.74, 6) is 0.977. The van der Waals surface area contributed by atoms with Crippen molar-refractivity contribution in [3.05, 3.63) is 230 Å². The summed E-state index contributed by atoms with van der Waals surface area (Å²) in [6.07, 6.45) is 0. The summed E-state index contributed by atoms with van der Waals surface area (Å²) in [6, 6.07) is 81.5. The lowest BCUT2D eigenvalue weighted by Gasteiger charge is -2.21. The van der Waals surface area contributed by atoms with Crippen molar-refractivity contribution in [3.8, 4) is 72.4 Å². The normalized spacial score (nSPS) is 11.4. The second kappa shape index (κ2) is 14.8. The van der Waals surface area contributed by atoms with Gasteiger partial charge in [-0.05, 0) is 126 Å². The van der Waals surface area contributed by atoms with Gasteiger partial charge in [-0.3, -0.25) is 4.57 Å². The van der Waals surface area contributed by atoms with Crippen LogP contribution in [0.4, 0.5) is 0 Å². The zero-order valence-corrected chi connectivity index (χ0v) is 33.3. The van der Waals surface area contributed by atoms with E-state index in [1.54, 1.807) is 0 Å². The van der Waals surface area contributed by atoms with Crippen LogP contribution in [0.25, 0.3) is 105 Å². The molecule has 0 bridgehead atoms. The molecule has 0 radical (unpaired) electrons. The Labute approximate surface area is 350 Å². The van der Waals surface area contributed by atoms with Gasteiger partial charge in [-0.1, -0.05) is 194 Å². The zero-order valence-electron chi connectivity index (χ0n) is 33.3. The van der Waals surface area contributed by atoms with E-state index in [1.165, 1.54) is 77.2 Å². The van der Waals surface area contributed by atoms with Crippen LogP contribution in [0.3, 0.4) is 0 Å². The molecule has 0 aliphatic heterocycles. The summed E-state index contributed by atoms with van der Waals surface area (Å²) in [6.45, 7) is 2.07. The van der Waals surface area contributed by atoms with Crippen molar-refractivity contribution in [1.82, 2.24) is 9.55 Å². The zero-order chi connectivity index (χ0) is 40.0. The number of benzene rings is 10. The predicted octanol–water partition coefficient (Wildman–Crippen LogP) is 15.6. The molecule has 282 valence electrons. The van der Waals surface area contributed by atoms with Crippen molar-refractivity contribution in [2.45, 2.75) is 6.92 Å². The highest BCUT2D eigenvalue weighted by atomic mass is 15.1. The third kappa shape index (κ3) is 6.09. The van der Waals surface area contributed by atoms with Crippen LogP contribution in [0.5, 0.6) is 0 Å². The number of hydrogen-bond donors (Lipinski definition) is 0. The van der Waals surface area contributed by atoms with Crippen molar-refractivity contribution >= 4 is 32.6 Å². The molecule has 2 heteroatoms. The largest absolute Gasteiger partial charge is 0.297 e. The minimum absolute atomic E-state index is 0.977. The molecule has 10 aromatic carbocycles. The van der Waals surface area contributed by atoms with Gasteiger partial charge in [0, 0.05) is 5.69 Å². The van der Waals surface area contributed by atoms with Gasteiger partial charge in [0.1, 0.15) is 5.82 Å². The van der Waals surface area contributed by atoms with Crippen LogP contribution in [0.2, 0.25) is 0 Å². The van der Waals surface area contributed by atoms with Crippen LogP contribution in [0.15, 0.2) is 224 Å². The second-order valence-corrected chi connectivity index (χ2v) is 15.5. The fourth-order valence-electron chi connectivity index (χ4n) is 9.22. The summed E-state index contributed by atoms with van der Waals surface area (Å²) in [5, 5.41) is 4.93. The van der Waals surface area contributed by atoms with Gasteiger partial charge in [0.15, 0.2) is 0 Å². The third-order valence-electron chi connectivity index (χ3n) is 12.0. The first-order valence-corrected chi connectivity index (χ1v) is 20.6. The summed E-state index contributed by atoms with van der Waals surface area (Å²) >= 11 is 0. The Morgan fingerprint density at radius 2 is 0.733 bits per heavy atom. The highest BCUT2D eigenvalue weighted by Crippen LogP contribution is 2.48. The number of nitrogens with zero attached hydrogens (tertiary/aromatic N) is 2. The average Bonchev–Trinajstić information content (AvgIpc) is 3.66. The minimum Gasteiger partial charge on any atom is -0.297 e. The lowest BCUT2D eigenvalue weighted by Crippen LogP contribution is -1.95. The molecule has 11 rings (SSSR count). The molecule has 0 unspecified atom stereocenters. The van der Waals surface area contributed by atoms with E-state index in [4.69, 9.17) is 4.98 Å². The van der Waals surface area contributed by atoms with Gasteiger partial charge < -0.3 is 0 Å². The Morgan fingerprint density at radius 3 is 1.30 bits per heavy atom. The average molecular weight is 765 g/mol. The van der Waals surface area contributed by atoms with Crippen LogP contribution in [-0.2, 0) is 0 Å². The van der Waals surface area contributed by atoms with Gasteiger partial charge in [0.25, 0.3) is 0 Å². The van der Waals surface area contributed by atoms with Gasteiger partial charge in [0.05, 0.1) is 11.0 Å². The smallest absolute Gasteiger partial charge is 0.111 e. The molecule has 0 saturated carbocycles. The SMILES string of the molecule is Cc1nc2cc(-c3ccc(-c4ccc5c(-c6ccccc6-c6ccccc6)c6ccccc6c(-c6ccccc6-c6ccccc6)c5c4)cc3)ccc2n1-c1ccccc1. The Balaban J connectivity index is 1.10. The van der Waals surface area contributed by atoms with E-state index in [2.05, 4.69) is 230 Å². The number of fused-ring (bicyclic) bond motifs is 3. The highest BCUT2D eigenvalue weighted by Gasteiger charge is 2.21. The molecule has 0 spiro atoms. The van der Waals surface area contributed by atoms with E-state index >= 15 is 0 Å². The van der Waals surface area contributed by atoms with Crippen molar-refractivity contribution < 1.29 is 0 Å². The maximum Gasteiger partial charge on any atom is 0.111 e. The van der Waals surface area contributed by atoms with Crippen molar-refractivity contribution in [2.75, 3.05) is 0 Å². The van der Waals surface area contributed by atoms with Gasteiger partial charge in [0.2, 0.25) is 0 Å². The van der Waals surface area contributed by atoms with E-state index in [0.29, 0.717) is 0 Å². The summed E-state index contributed by atoms with van der Waals surface area (Å²) in [4.78, 5) is 4.96. The standard InChI is InChI=1S/C58H40N2/c1-39-59-55-38-45(34-36-56(55)60(39)46-21-9-4-10-22-46)41-31-29-40(30-32-41)44-33-35-53-54(37-44)58(50-26-14-12-24-48(50)43-19-7-3-8-20-43)52-28-16-15-27-51(52)57(53)49-25-13-11-23-47(49)42-17-5-2-6-18-42/h2-38H,1H3. The first-order chi connectivity index (χ1) is 29.7. The fourth-order valence-corrected chi connectivity index (χ4v) is 9.22. The van der Waals surface area contributed by atoms with E-state index in [9.17, 15) is 0 Å². The molecule has 1 heterocycles. The molecule has 11 aromatic rings. The van der Waals surface area contributed by atoms with Gasteiger partial charge >= 0.3 is 0 Å². The molecule has 0 N–H and O–H groups in total. The first kappa shape index (κ1) is 35.4. The van der Waals surface area contributed by atoms with Crippen LogP contribution in [0.1, 0.15) is 5.82 Å². The van der Waals surface area contributed by atoms with Crippen molar-refractivity contribution in [3.63, 3.8) is 0 Å².